The van der Waals surface area contributed by atoms with E-state index in [1.165, 1.54) is 17.2 Å². The summed E-state index contributed by atoms with van der Waals surface area (Å²) in [5, 5.41) is 21.3. The van der Waals surface area contributed by atoms with Crippen molar-refractivity contribution in [3.05, 3.63) is 43.0 Å². The molecule has 1 aliphatic heterocycles. The van der Waals surface area contributed by atoms with Gasteiger partial charge in [-0.2, -0.15) is 0 Å². The van der Waals surface area contributed by atoms with Crippen molar-refractivity contribution < 1.29 is 33.1 Å². The molecule has 1 fully saturated rings. The molecule has 38 heavy (non-hydrogen) atoms. The van der Waals surface area contributed by atoms with Gasteiger partial charge >= 0.3 is 6.64 Å². The number of benzene rings is 1. The Hall–Kier alpha value is -2.00. The number of hydrogen-bond donors (Lipinski definition) is 4. The average molecular weight is 591 g/mol. The van der Waals surface area contributed by atoms with Crippen LogP contribution in [0.4, 0.5) is 10.2 Å². The van der Waals surface area contributed by atoms with Gasteiger partial charge in [0.25, 0.3) is 5.13 Å². The Morgan fingerprint density at radius 3 is 2.68 bits per heavy atom. The fourth-order valence-corrected chi connectivity index (χ4v) is 6.52. The molecule has 7 atom stereocenters. The number of nitrogens with two attached hydrogens (primary N) is 1. The molecule has 16 heteroatoms. The lowest BCUT2D eigenvalue weighted by Crippen LogP contribution is -2.41. The summed E-state index contributed by atoms with van der Waals surface area (Å²) >= 11 is 11.8. The number of nitrogens with zero attached hydrogens (tertiary/aromatic N) is 4. The highest BCUT2D eigenvalue weighted by Crippen LogP contribution is 2.49. The molecule has 12 nitrogen and oxygen atoms in total. The summed E-state index contributed by atoms with van der Waals surface area (Å²) in [6, 6.07) is 7.96. The van der Waals surface area contributed by atoms with E-state index < -0.39 is 49.1 Å². The molecule has 3 aromatic rings. The third-order valence-corrected chi connectivity index (χ3v) is 8.53. The number of nitrogen functional groups attached to an aromatic ring is 1. The van der Waals surface area contributed by atoms with Gasteiger partial charge in [-0.15, -0.1) is 0 Å². The number of aromatic nitrogens is 4. The molecule has 0 amide bonds. The Morgan fingerprint density at radius 2 is 2.00 bits per heavy atom. The number of fused-ring (bicyclic) bond motifs is 1. The number of anilines is 1. The van der Waals surface area contributed by atoms with E-state index in [9.17, 15) is 10.2 Å². The minimum atomic E-state index is -3.41. The van der Waals surface area contributed by atoms with Crippen LogP contribution in [0.2, 0.25) is 0 Å². The zero-order chi connectivity index (χ0) is 27.7. The van der Waals surface area contributed by atoms with Gasteiger partial charge in [0, 0.05) is 0 Å². The van der Waals surface area contributed by atoms with Gasteiger partial charge in [0.2, 0.25) is 0 Å². The first kappa shape index (κ1) is 29.0. The number of imidazole rings is 1. The van der Waals surface area contributed by atoms with Crippen LogP contribution in [0.25, 0.3) is 11.2 Å². The number of ether oxygens (including phenoxy) is 2. The molecule has 3 unspecified atom stereocenters. The van der Waals surface area contributed by atoms with Gasteiger partial charge in [0.05, 0.1) is 25.1 Å². The predicted octanol–water partition coefficient (Wildman–Crippen LogP) is 2.61. The smallest absolute Gasteiger partial charge is 0.313 e. The zero-order valence-corrected chi connectivity index (χ0v) is 23.2. The first-order chi connectivity index (χ1) is 17.9. The summed E-state index contributed by atoms with van der Waals surface area (Å²) in [5.41, 5.74) is 6.22. The molecule has 4 rings (SSSR count). The standard InChI is InChI=1S/C22H29ClFN6O6PS/c1-12(2)34-20(32)13(3)29-37(38,36-14-7-5-4-6-8-14)33-9-15-17(31)22(23,24)21(35-15)30-11-28-16-18(25)26-10-27-19(16)30/h4-8,10-13,15,17,20-21,31-32H,9H2,1-3H3,(H,29,38)(H2,25,26,27)/t13?,15-,17-,20?,21-,22-,37?/m1/s1. The van der Waals surface area contributed by atoms with Gasteiger partial charge in [-0.05, 0) is 44.7 Å². The third kappa shape index (κ3) is 6.24. The highest BCUT2D eigenvalue weighted by molar-refractivity contribution is 8.09. The molecular formula is C22H29ClFN6O6PS. The molecule has 0 bridgehead atoms. The Kier molecular flexibility index (Phi) is 8.87. The minimum absolute atomic E-state index is 0.0915. The fraction of sp³-hybridized carbons (Fsp3) is 0.500. The van der Waals surface area contributed by atoms with E-state index in [4.69, 9.17) is 47.7 Å². The molecule has 5 N–H and O–H groups in total. The van der Waals surface area contributed by atoms with E-state index in [0.29, 0.717) is 5.75 Å². The van der Waals surface area contributed by atoms with E-state index in [-0.39, 0.29) is 23.1 Å². The lowest BCUT2D eigenvalue weighted by Gasteiger charge is -2.30. The molecule has 1 saturated heterocycles. The van der Waals surface area contributed by atoms with E-state index >= 15 is 4.39 Å². The van der Waals surface area contributed by atoms with Crippen LogP contribution in [0.1, 0.15) is 27.0 Å². The van der Waals surface area contributed by atoms with Crippen LogP contribution in [-0.2, 0) is 25.8 Å². The van der Waals surface area contributed by atoms with Crippen LogP contribution in [0.15, 0.2) is 43.0 Å². The molecule has 1 aliphatic rings. The molecule has 0 spiro atoms. The molecule has 2 aromatic heterocycles. The highest BCUT2D eigenvalue weighted by Gasteiger charge is 2.58. The second-order valence-electron chi connectivity index (χ2n) is 8.92. The summed E-state index contributed by atoms with van der Waals surface area (Å²) in [6.07, 6.45) is -3.63. The topological polar surface area (TPSA) is 159 Å². The second-order valence-corrected chi connectivity index (χ2v) is 12.6. The Balaban J connectivity index is 1.53. The van der Waals surface area contributed by atoms with Crippen molar-refractivity contribution in [1.29, 1.82) is 0 Å². The summed E-state index contributed by atoms with van der Waals surface area (Å²) in [7, 11) is 0. The molecule has 0 radical (unpaired) electrons. The molecule has 208 valence electrons. The maximum absolute atomic E-state index is 15.6. The van der Waals surface area contributed by atoms with Gasteiger partial charge in [0.1, 0.15) is 29.8 Å². The van der Waals surface area contributed by atoms with Gasteiger partial charge in [-0.1, -0.05) is 29.8 Å². The highest BCUT2D eigenvalue weighted by atomic mass is 35.5. The van der Waals surface area contributed by atoms with Crippen molar-refractivity contribution in [2.24, 2.45) is 0 Å². The van der Waals surface area contributed by atoms with Crippen molar-refractivity contribution in [2.75, 3.05) is 12.3 Å². The molecular weight excluding hydrogens is 562 g/mol. The summed E-state index contributed by atoms with van der Waals surface area (Å²) < 4.78 is 39.9. The number of rotatable bonds is 11. The second kappa shape index (κ2) is 11.6. The lowest BCUT2D eigenvalue weighted by molar-refractivity contribution is -0.137. The Labute approximate surface area is 228 Å². The first-order valence-electron chi connectivity index (χ1n) is 11.7. The number of alkyl halides is 2. The van der Waals surface area contributed by atoms with Crippen LogP contribution in [0, 0.1) is 0 Å². The van der Waals surface area contributed by atoms with Crippen molar-refractivity contribution >= 4 is 47.0 Å². The van der Waals surface area contributed by atoms with Crippen LogP contribution in [0.5, 0.6) is 5.75 Å². The van der Waals surface area contributed by atoms with Gasteiger partial charge in [0.15, 0.2) is 24.0 Å². The Morgan fingerprint density at radius 1 is 1.29 bits per heavy atom. The monoisotopic (exact) mass is 590 g/mol. The summed E-state index contributed by atoms with van der Waals surface area (Å²) in [4.78, 5) is 12.0. The van der Waals surface area contributed by atoms with Crippen LogP contribution in [-0.4, -0.2) is 72.1 Å². The summed E-state index contributed by atoms with van der Waals surface area (Å²) in [5.74, 6) is 0.494. The molecule has 0 saturated carbocycles. The number of aliphatic hydroxyl groups excluding tert-OH is 2. The minimum Gasteiger partial charge on any atom is -0.433 e. The largest absolute Gasteiger partial charge is 0.433 e. The van der Waals surface area contributed by atoms with Crippen molar-refractivity contribution in [3.63, 3.8) is 0 Å². The fourth-order valence-electron chi connectivity index (χ4n) is 3.74. The third-order valence-electron chi connectivity index (χ3n) is 5.60. The van der Waals surface area contributed by atoms with Crippen molar-refractivity contribution in [3.8, 4) is 5.75 Å². The van der Waals surface area contributed by atoms with E-state index in [0.717, 1.165) is 0 Å². The maximum atomic E-state index is 15.6. The zero-order valence-electron chi connectivity index (χ0n) is 20.7. The van der Waals surface area contributed by atoms with Gasteiger partial charge in [-0.3, -0.25) is 4.57 Å². The summed E-state index contributed by atoms with van der Waals surface area (Å²) in [6.45, 7) is 1.39. The average Bonchev–Trinajstić information content (AvgIpc) is 3.37. The Bertz CT molecular complexity index is 1290. The van der Waals surface area contributed by atoms with Crippen LogP contribution >= 0.6 is 18.2 Å². The van der Waals surface area contributed by atoms with E-state index in [1.54, 1.807) is 51.1 Å². The van der Waals surface area contributed by atoms with E-state index in [1.807, 2.05) is 0 Å². The number of halogens is 2. The lowest BCUT2D eigenvalue weighted by atomic mass is 10.1. The van der Waals surface area contributed by atoms with Crippen molar-refractivity contribution in [1.82, 2.24) is 24.6 Å². The van der Waals surface area contributed by atoms with Crippen LogP contribution < -0.4 is 15.3 Å². The SMILES string of the molecule is CC(C)OC(O)C(C)NP(=S)(OC[C@H]1O[C@@H](n2cnc3c(N)ncnc32)[C@@](F)(Cl)[C@@H]1O)Oc1ccccc1. The molecule has 3 heterocycles. The number of nitrogens with one attached hydrogen (secondary N) is 1. The molecule has 1 aromatic carbocycles. The number of para-hydroxylation sites is 1. The number of aliphatic hydroxyl groups is 2. The van der Waals surface area contributed by atoms with E-state index in [2.05, 4.69) is 20.0 Å². The predicted molar refractivity (Wildman–Crippen MR) is 141 cm³/mol. The quantitative estimate of drug-likeness (QED) is 0.147. The van der Waals surface area contributed by atoms with Crippen LogP contribution in [0.3, 0.4) is 0 Å². The number of hydrogen-bond acceptors (Lipinski definition) is 11. The van der Waals surface area contributed by atoms with Gasteiger partial charge < -0.3 is 34.5 Å². The first-order valence-corrected chi connectivity index (χ1v) is 14.7. The maximum Gasteiger partial charge on any atom is 0.313 e. The normalized spacial score (nSPS) is 26.9. The van der Waals surface area contributed by atoms with Crippen molar-refractivity contribution in [2.45, 2.75) is 62.8 Å². The molecule has 0 aliphatic carbocycles. The van der Waals surface area contributed by atoms with Gasteiger partial charge in [-0.25, -0.2) is 24.4 Å².